The highest BCUT2D eigenvalue weighted by molar-refractivity contribution is 7.13. The number of amides is 1. The number of aromatic nitrogens is 2. The molecule has 0 aliphatic rings. The fourth-order valence-corrected chi connectivity index (χ4v) is 2.95. The lowest BCUT2D eigenvalue weighted by atomic mass is 10.2. The van der Waals surface area contributed by atoms with Crippen LogP contribution < -0.4 is 15.8 Å². The zero-order valence-electron chi connectivity index (χ0n) is 14.3. The van der Waals surface area contributed by atoms with Crippen LogP contribution in [-0.2, 0) is 11.3 Å². The van der Waals surface area contributed by atoms with Gasteiger partial charge in [-0.05, 0) is 36.1 Å². The molecule has 0 saturated heterocycles. The second kappa shape index (κ2) is 8.48. The summed E-state index contributed by atoms with van der Waals surface area (Å²) in [5.41, 5.74) is 1.12. The van der Waals surface area contributed by atoms with Crippen LogP contribution >= 0.6 is 11.3 Å². The van der Waals surface area contributed by atoms with Crippen molar-refractivity contribution in [3.8, 4) is 16.5 Å². The normalized spacial score (nSPS) is 10.7. The van der Waals surface area contributed by atoms with Gasteiger partial charge in [-0.25, -0.2) is 4.79 Å². The van der Waals surface area contributed by atoms with E-state index >= 15 is 0 Å². The molecule has 0 radical (unpaired) electrons. The van der Waals surface area contributed by atoms with Crippen molar-refractivity contribution in [2.45, 2.75) is 19.9 Å². The zero-order valence-corrected chi connectivity index (χ0v) is 15.1. The number of rotatable bonds is 8. The molecule has 1 amide bonds. The van der Waals surface area contributed by atoms with Gasteiger partial charge in [0.2, 0.25) is 5.91 Å². The number of benzene rings is 1. The molecule has 0 aliphatic carbocycles. The molecule has 8 heteroatoms. The van der Waals surface area contributed by atoms with Crippen LogP contribution in [0, 0.1) is 6.92 Å². The van der Waals surface area contributed by atoms with Gasteiger partial charge in [-0.3, -0.25) is 4.79 Å². The molecule has 0 aliphatic heterocycles. The number of nitrogens with one attached hydrogen (secondary N) is 1. The minimum atomic E-state index is -0.566. The Kier molecular flexibility index (Phi) is 5.85. The average molecular weight is 373 g/mol. The Bertz CT molecular complexity index is 915. The molecular weight excluding hydrogens is 354 g/mol. The molecule has 26 heavy (non-hydrogen) atoms. The van der Waals surface area contributed by atoms with Gasteiger partial charge < -0.3 is 14.5 Å². The van der Waals surface area contributed by atoms with Crippen molar-refractivity contribution in [3.63, 3.8) is 0 Å². The Morgan fingerprint density at radius 1 is 1.35 bits per heavy atom. The van der Waals surface area contributed by atoms with Crippen LogP contribution in [0.5, 0.6) is 5.75 Å². The summed E-state index contributed by atoms with van der Waals surface area (Å²) in [6, 6.07) is 11.4. The van der Waals surface area contributed by atoms with Crippen molar-refractivity contribution in [1.82, 2.24) is 15.1 Å². The topological polar surface area (TPSA) is 86.4 Å². The minimum Gasteiger partial charge on any atom is -0.492 e. The van der Waals surface area contributed by atoms with Crippen molar-refractivity contribution >= 4 is 17.2 Å². The summed E-state index contributed by atoms with van der Waals surface area (Å²) in [7, 11) is 0. The van der Waals surface area contributed by atoms with Crippen LogP contribution in [0.2, 0.25) is 0 Å². The maximum absolute atomic E-state index is 11.9. The number of ether oxygens (including phenoxy) is 1. The maximum atomic E-state index is 11.9. The van der Waals surface area contributed by atoms with Gasteiger partial charge in [-0.15, -0.1) is 16.4 Å². The first kappa shape index (κ1) is 17.9. The summed E-state index contributed by atoms with van der Waals surface area (Å²) in [6.45, 7) is 2.92. The molecule has 0 spiro atoms. The zero-order chi connectivity index (χ0) is 18.4. The predicted molar refractivity (Wildman–Crippen MR) is 98.4 cm³/mol. The lowest BCUT2D eigenvalue weighted by molar-refractivity contribution is -0.121. The molecule has 0 saturated carbocycles. The first-order valence-electron chi connectivity index (χ1n) is 8.20. The van der Waals surface area contributed by atoms with E-state index in [4.69, 9.17) is 9.15 Å². The number of hydrogen-bond donors (Lipinski definition) is 1. The highest BCUT2D eigenvalue weighted by Gasteiger charge is 2.12. The first-order chi connectivity index (χ1) is 12.6. The van der Waals surface area contributed by atoms with Crippen LogP contribution in [0.3, 0.4) is 0 Å². The number of hydrogen-bond acceptors (Lipinski definition) is 6. The van der Waals surface area contributed by atoms with Crippen LogP contribution in [-0.4, -0.2) is 28.8 Å². The van der Waals surface area contributed by atoms with E-state index in [1.807, 2.05) is 48.7 Å². The number of nitrogens with zero attached hydrogens (tertiary/aromatic N) is 2. The van der Waals surface area contributed by atoms with E-state index in [9.17, 15) is 9.59 Å². The van der Waals surface area contributed by atoms with E-state index in [0.29, 0.717) is 13.2 Å². The number of aryl methyl sites for hydroxylation is 2. The number of carbonyl (C=O) groups excluding carboxylic acids is 1. The Labute approximate surface area is 154 Å². The van der Waals surface area contributed by atoms with Crippen molar-refractivity contribution in [1.29, 1.82) is 0 Å². The van der Waals surface area contributed by atoms with Crippen molar-refractivity contribution in [2.75, 3.05) is 13.2 Å². The fraction of sp³-hybridized carbons (Fsp3) is 0.278. The van der Waals surface area contributed by atoms with Gasteiger partial charge in [-0.2, -0.15) is 4.68 Å². The summed E-state index contributed by atoms with van der Waals surface area (Å²) >= 11 is 1.43. The third-order valence-corrected chi connectivity index (χ3v) is 4.43. The maximum Gasteiger partial charge on any atom is 0.437 e. The molecule has 136 valence electrons. The molecule has 0 unspecified atom stereocenters. The summed E-state index contributed by atoms with van der Waals surface area (Å²) in [5.74, 6) is 0.306. The Morgan fingerprint density at radius 3 is 3.00 bits per heavy atom. The highest BCUT2D eigenvalue weighted by atomic mass is 32.1. The molecule has 2 heterocycles. The molecule has 0 atom stereocenters. The van der Waals surface area contributed by atoms with Gasteiger partial charge >= 0.3 is 5.76 Å². The lowest BCUT2D eigenvalue weighted by Crippen LogP contribution is -2.30. The largest absolute Gasteiger partial charge is 0.492 e. The first-order valence-corrected chi connectivity index (χ1v) is 9.08. The summed E-state index contributed by atoms with van der Waals surface area (Å²) < 4.78 is 11.8. The van der Waals surface area contributed by atoms with Crippen LogP contribution in [0.15, 0.2) is 51.0 Å². The van der Waals surface area contributed by atoms with Crippen LogP contribution in [0.4, 0.5) is 0 Å². The second-order valence-corrected chi connectivity index (χ2v) is 6.59. The lowest BCUT2D eigenvalue weighted by Gasteiger charge is -2.08. The van der Waals surface area contributed by atoms with Crippen LogP contribution in [0.25, 0.3) is 10.8 Å². The average Bonchev–Trinajstić information content (AvgIpc) is 3.27. The number of carbonyl (C=O) groups is 1. The van der Waals surface area contributed by atoms with E-state index < -0.39 is 5.76 Å². The molecule has 1 aromatic carbocycles. The molecule has 2 aromatic heterocycles. The second-order valence-electron chi connectivity index (χ2n) is 5.64. The fourth-order valence-electron chi connectivity index (χ4n) is 2.31. The van der Waals surface area contributed by atoms with Gasteiger partial charge in [0.15, 0.2) is 0 Å². The standard InChI is InChI=1S/C18H19N3O4S/c1-13-4-2-5-14(12-13)24-10-8-19-16(22)7-9-21-18(23)25-17(20-21)15-6-3-11-26-15/h2-6,11-12H,7-10H2,1H3,(H,19,22). The monoisotopic (exact) mass is 373 g/mol. The molecule has 0 bridgehead atoms. The van der Waals surface area contributed by atoms with Gasteiger partial charge in [0.25, 0.3) is 5.89 Å². The Hall–Kier alpha value is -2.87. The quantitative estimate of drug-likeness (QED) is 0.613. The van der Waals surface area contributed by atoms with E-state index in [-0.39, 0.29) is 24.8 Å². The summed E-state index contributed by atoms with van der Waals surface area (Å²) in [5, 5.41) is 8.74. The van der Waals surface area contributed by atoms with Gasteiger partial charge in [0.1, 0.15) is 12.4 Å². The Balaban J connectivity index is 1.41. The molecule has 3 aromatic rings. The smallest absolute Gasteiger partial charge is 0.437 e. The number of thiophene rings is 1. The van der Waals surface area contributed by atoms with Crippen molar-refractivity contribution in [3.05, 3.63) is 57.9 Å². The molecular formula is C18H19N3O4S. The molecule has 3 rings (SSSR count). The summed E-state index contributed by atoms with van der Waals surface area (Å²) in [4.78, 5) is 24.4. The van der Waals surface area contributed by atoms with E-state index in [0.717, 1.165) is 20.9 Å². The summed E-state index contributed by atoms with van der Waals surface area (Å²) in [6.07, 6.45) is 0.140. The van der Waals surface area contributed by atoms with E-state index in [1.54, 1.807) is 0 Å². The molecule has 0 fully saturated rings. The molecule has 7 nitrogen and oxygen atoms in total. The third-order valence-electron chi connectivity index (χ3n) is 3.57. The third kappa shape index (κ3) is 4.82. The van der Waals surface area contributed by atoms with Crippen molar-refractivity contribution in [2.24, 2.45) is 0 Å². The molecule has 1 N–H and O–H groups in total. The SMILES string of the molecule is Cc1cccc(OCCNC(=O)CCn2nc(-c3cccs3)oc2=O)c1. The minimum absolute atomic E-state index is 0.140. The van der Waals surface area contributed by atoms with Gasteiger partial charge in [-0.1, -0.05) is 18.2 Å². The van der Waals surface area contributed by atoms with Gasteiger partial charge in [0, 0.05) is 6.42 Å². The van der Waals surface area contributed by atoms with Gasteiger partial charge in [0.05, 0.1) is 18.0 Å². The van der Waals surface area contributed by atoms with Crippen LogP contribution in [0.1, 0.15) is 12.0 Å². The van der Waals surface area contributed by atoms with Crippen molar-refractivity contribution < 1.29 is 13.9 Å². The highest BCUT2D eigenvalue weighted by Crippen LogP contribution is 2.21. The van der Waals surface area contributed by atoms with E-state index in [1.165, 1.54) is 11.3 Å². The predicted octanol–water partition coefficient (Wildman–Crippen LogP) is 2.46. The Morgan fingerprint density at radius 2 is 2.23 bits per heavy atom. The van der Waals surface area contributed by atoms with E-state index in [2.05, 4.69) is 10.4 Å².